The molecule has 5 unspecified atom stereocenters. The summed E-state index contributed by atoms with van der Waals surface area (Å²) >= 11 is 1.40. The summed E-state index contributed by atoms with van der Waals surface area (Å²) < 4.78 is 16.1. The highest BCUT2D eigenvalue weighted by Crippen LogP contribution is 2.42. The van der Waals surface area contributed by atoms with Crippen molar-refractivity contribution in [3.05, 3.63) is 71.5 Å². The molecule has 3 aliphatic rings. The van der Waals surface area contributed by atoms with Crippen molar-refractivity contribution >= 4 is 46.9 Å². The minimum Gasteiger partial charge on any atom is -0.508 e. The Hall–Kier alpha value is -4.76. The number of phenols is 1. The summed E-state index contributed by atoms with van der Waals surface area (Å²) in [7, 11) is 5.46. The number of hydrazine groups is 1. The van der Waals surface area contributed by atoms with E-state index in [2.05, 4.69) is 67.3 Å². The number of amides is 2. The lowest BCUT2D eigenvalue weighted by molar-refractivity contribution is -0.155. The van der Waals surface area contributed by atoms with Gasteiger partial charge in [-0.2, -0.15) is 0 Å². The van der Waals surface area contributed by atoms with Crippen LogP contribution >= 0.6 is 11.9 Å². The summed E-state index contributed by atoms with van der Waals surface area (Å²) in [5.41, 5.74) is 9.99. The fourth-order valence-corrected chi connectivity index (χ4v) is 9.42. The molecule has 6 atom stereocenters. The number of esters is 1. The molecular weight excluding hydrogens is 817 g/mol. The number of aldehydes is 1. The van der Waals surface area contributed by atoms with Crippen LogP contribution in [0.25, 0.3) is 33.3 Å². The maximum absolute atomic E-state index is 14.4. The summed E-state index contributed by atoms with van der Waals surface area (Å²) in [5.74, 6) is 0.119. The van der Waals surface area contributed by atoms with Crippen molar-refractivity contribution < 1.29 is 33.8 Å². The topological polar surface area (TPSA) is 155 Å². The average Bonchev–Trinajstić information content (AvgIpc) is 3.91. The molecule has 2 aliphatic heterocycles. The second-order valence-corrected chi connectivity index (χ2v) is 20.1. The molecule has 340 valence electrons. The third-order valence-corrected chi connectivity index (χ3v) is 13.6. The van der Waals surface area contributed by atoms with E-state index in [4.69, 9.17) is 14.5 Å². The first kappa shape index (κ1) is 47.7. The second kappa shape index (κ2) is 20.4. The zero-order valence-corrected chi connectivity index (χ0v) is 39.4. The fourth-order valence-electron chi connectivity index (χ4n) is 8.56. The van der Waals surface area contributed by atoms with E-state index in [1.165, 1.54) is 17.0 Å². The zero-order chi connectivity index (χ0) is 45.7. The number of phenolic OH excluding ortho intramolecular Hbond substituents is 1. The van der Waals surface area contributed by atoms with Crippen LogP contribution in [0, 0.1) is 23.2 Å². The van der Waals surface area contributed by atoms with Crippen LogP contribution < -0.4 is 10.7 Å². The van der Waals surface area contributed by atoms with Crippen molar-refractivity contribution in [2.24, 2.45) is 23.2 Å². The highest BCUT2D eigenvalue weighted by atomic mass is 32.2. The van der Waals surface area contributed by atoms with E-state index in [9.17, 15) is 24.3 Å². The Morgan fingerprint density at radius 1 is 1.14 bits per heavy atom. The van der Waals surface area contributed by atoms with Crippen LogP contribution in [0.1, 0.15) is 90.7 Å². The van der Waals surface area contributed by atoms with E-state index < -0.39 is 28.7 Å². The molecule has 13 nitrogen and oxygen atoms in total. The molecule has 1 saturated heterocycles. The summed E-state index contributed by atoms with van der Waals surface area (Å²) in [4.78, 5) is 56.6. The highest BCUT2D eigenvalue weighted by Gasteiger charge is 2.37. The number of fused-ring (bicyclic) bond motifs is 6. The van der Waals surface area contributed by atoms with Crippen molar-refractivity contribution in [3.63, 3.8) is 0 Å². The van der Waals surface area contributed by atoms with E-state index in [-0.39, 0.29) is 42.6 Å². The van der Waals surface area contributed by atoms with Crippen LogP contribution in [0.5, 0.6) is 5.75 Å². The summed E-state index contributed by atoms with van der Waals surface area (Å²) in [6.45, 7) is 15.6. The van der Waals surface area contributed by atoms with Crippen LogP contribution in [0.15, 0.2) is 54.7 Å². The number of rotatable bonds is 10. The summed E-state index contributed by atoms with van der Waals surface area (Å²) in [5, 5.41) is 16.3. The molecule has 2 aromatic heterocycles. The highest BCUT2D eigenvalue weighted by molar-refractivity contribution is 7.98. The molecule has 6 bridgehead atoms. The Kier molecular flexibility index (Phi) is 15.4. The molecule has 4 heterocycles. The first-order valence-corrected chi connectivity index (χ1v) is 23.1. The lowest BCUT2D eigenvalue weighted by Crippen LogP contribution is -2.61. The van der Waals surface area contributed by atoms with Crippen LogP contribution in [-0.2, 0) is 48.0 Å². The number of benzene rings is 2. The number of aromatic hydroxyl groups is 1. The first-order chi connectivity index (χ1) is 29.9. The van der Waals surface area contributed by atoms with Gasteiger partial charge in [0.05, 0.1) is 24.1 Å². The molecule has 4 aromatic rings. The first-order valence-electron chi connectivity index (χ1n) is 22.3. The number of methoxy groups -OCH3 is 1. The van der Waals surface area contributed by atoms with Gasteiger partial charge in [-0.3, -0.25) is 28.7 Å². The van der Waals surface area contributed by atoms with Crippen molar-refractivity contribution in [1.82, 2.24) is 29.6 Å². The largest absolute Gasteiger partial charge is 0.508 e. The molecule has 14 heteroatoms. The van der Waals surface area contributed by atoms with E-state index >= 15 is 0 Å². The van der Waals surface area contributed by atoms with Crippen molar-refractivity contribution in [2.45, 2.75) is 111 Å². The van der Waals surface area contributed by atoms with Gasteiger partial charge in [0.25, 0.3) is 5.91 Å². The van der Waals surface area contributed by atoms with Crippen LogP contribution in [0.3, 0.4) is 0 Å². The van der Waals surface area contributed by atoms with Gasteiger partial charge in [0.15, 0.2) is 0 Å². The molecule has 1 aliphatic carbocycles. The van der Waals surface area contributed by atoms with E-state index in [0.29, 0.717) is 49.8 Å². The Balaban J connectivity index is 0.00000101. The summed E-state index contributed by atoms with van der Waals surface area (Å²) in [6.07, 6.45) is 5.50. The number of hydrogen-bond donors (Lipinski definition) is 3. The summed E-state index contributed by atoms with van der Waals surface area (Å²) in [6, 6.07) is 14.0. The maximum atomic E-state index is 14.4. The van der Waals surface area contributed by atoms with Gasteiger partial charge in [-0.05, 0) is 124 Å². The van der Waals surface area contributed by atoms with E-state index in [1.54, 1.807) is 25.4 Å². The molecule has 2 amide bonds. The van der Waals surface area contributed by atoms with Crippen molar-refractivity contribution in [2.75, 3.05) is 34.4 Å². The number of aryl methyl sites for hydroxylation is 1. The van der Waals surface area contributed by atoms with Crippen LogP contribution in [0.2, 0.25) is 0 Å². The molecular formula is C49H66N6O7S. The number of carbonyl (C=O) groups excluding carboxylic acids is 4. The number of nitrogens with one attached hydrogen (secondary N) is 2. The lowest BCUT2D eigenvalue weighted by Gasteiger charge is -2.36. The van der Waals surface area contributed by atoms with Gasteiger partial charge < -0.3 is 29.3 Å². The molecule has 3 N–H and O–H groups in total. The molecule has 7 rings (SSSR count). The molecule has 63 heavy (non-hydrogen) atoms. The molecule has 2 aromatic carbocycles. The van der Waals surface area contributed by atoms with Gasteiger partial charge in [-0.25, -0.2) is 5.43 Å². The van der Waals surface area contributed by atoms with Crippen molar-refractivity contribution in [3.8, 4) is 28.1 Å². The number of hydrogen-bond acceptors (Lipinski definition) is 11. The smallest absolute Gasteiger partial charge is 0.324 e. The Morgan fingerprint density at radius 3 is 2.52 bits per heavy atom. The third-order valence-electron chi connectivity index (χ3n) is 12.2. The minimum absolute atomic E-state index is 0.00776. The fraction of sp³-hybridized carbons (Fsp3) is 0.531. The monoisotopic (exact) mass is 882 g/mol. The zero-order valence-electron chi connectivity index (χ0n) is 38.6. The maximum Gasteiger partial charge on any atom is 0.324 e. The number of nitrogens with zero attached hydrogens (tertiary/aromatic N) is 4. The lowest BCUT2D eigenvalue weighted by atomic mass is 9.84. The second-order valence-electron chi connectivity index (χ2n) is 18.6. The molecule has 1 saturated carbocycles. The SMILES string of the molecule is CC1CC1C=O.CCn1c(-c2cccnc2C(C)OC)c2c3cc(ccc31)-c1cc(O)cc(c1)CC(NC(=O)C(SN(C)C)C(C)C)C(=O)N1CCC[C@H](N1)C(=O)OCC(C)(C)C2. The predicted molar refractivity (Wildman–Crippen MR) is 249 cm³/mol. The minimum atomic E-state index is -0.977. The normalized spacial score (nSPS) is 22.1. The molecule has 0 radical (unpaired) electrons. The Labute approximate surface area is 376 Å². The van der Waals surface area contributed by atoms with E-state index in [1.807, 2.05) is 51.3 Å². The van der Waals surface area contributed by atoms with Gasteiger partial charge in [0.2, 0.25) is 5.91 Å². The van der Waals surface area contributed by atoms with Crippen LogP contribution in [-0.4, -0.2) is 99.7 Å². The number of aromatic nitrogens is 2. The van der Waals surface area contributed by atoms with Crippen LogP contribution in [0.4, 0.5) is 0 Å². The number of ether oxygens (including phenoxy) is 2. The average molecular weight is 883 g/mol. The van der Waals surface area contributed by atoms with Gasteiger partial charge in [0.1, 0.15) is 29.4 Å². The number of pyridine rings is 1. The third kappa shape index (κ3) is 11.3. The number of cyclic esters (lactones) is 1. The Morgan fingerprint density at radius 2 is 1.89 bits per heavy atom. The predicted octanol–water partition coefficient (Wildman–Crippen LogP) is 7.53. The van der Waals surface area contributed by atoms with Gasteiger partial charge in [-0.15, -0.1) is 0 Å². The Bertz CT molecular complexity index is 2290. The van der Waals surface area contributed by atoms with Gasteiger partial charge in [-0.1, -0.05) is 58.7 Å². The van der Waals surface area contributed by atoms with Crippen molar-refractivity contribution in [1.29, 1.82) is 0 Å². The molecule has 0 spiro atoms. The van der Waals surface area contributed by atoms with Gasteiger partial charge in [0, 0.05) is 60.6 Å². The quantitative estimate of drug-likeness (QED) is 0.0823. The standard InChI is InChI=1S/C44H58N6O6S.C5H8O/c1-10-49-37-16-15-29-23-33(37)34(39(49)32-13-11-17-45-38(32)27(4)55-9)24-44(5,6)25-56-43(54)35-14-12-18-50(47-35)42(53)36(21-28-19-30(29)22-31(51)20-28)46-41(52)40(26(2)3)57-48(7)8;1-4-2-5(4)3-6/h11,13,15-17,19-20,22-23,26-27,35-36,40,47,51H,10,12,14,18,21,24-25H2,1-9H3,(H,46,52);3-5H,2H2,1H3/t27?,35-,36?,40?;/m0./s1. The van der Waals surface area contributed by atoms with E-state index in [0.717, 1.165) is 57.3 Å². The van der Waals surface area contributed by atoms with Gasteiger partial charge >= 0.3 is 5.97 Å². The molecule has 2 fully saturated rings. The number of carbonyl (C=O) groups is 4.